The summed E-state index contributed by atoms with van der Waals surface area (Å²) in [7, 11) is 2.19. The van der Waals surface area contributed by atoms with E-state index < -0.39 is 12.1 Å². The molecule has 0 aromatic carbocycles. The van der Waals surface area contributed by atoms with Crippen LogP contribution in [0.15, 0.2) is 0 Å². The summed E-state index contributed by atoms with van der Waals surface area (Å²) in [5, 5.41) is 8.78. The van der Waals surface area contributed by atoms with Crippen molar-refractivity contribution in [3.05, 3.63) is 0 Å². The van der Waals surface area contributed by atoms with Crippen LogP contribution in [-0.4, -0.2) is 42.7 Å². The van der Waals surface area contributed by atoms with Crippen molar-refractivity contribution in [2.75, 3.05) is 13.6 Å². The molecule has 0 aliphatic carbocycles. The summed E-state index contributed by atoms with van der Waals surface area (Å²) in [5.41, 5.74) is 4.06. The molecule has 1 aliphatic rings. The molecule has 0 aromatic heterocycles. The number of hydrogen-bond donors (Lipinski definition) is 1. The van der Waals surface area contributed by atoms with Gasteiger partial charge >= 0.3 is 6.18 Å². The van der Waals surface area contributed by atoms with Gasteiger partial charge in [0.1, 0.15) is 5.97 Å². The molecular weight excluding hydrogens is 225 g/mol. The quantitative estimate of drug-likeness (QED) is 0.593. The van der Waals surface area contributed by atoms with Crippen molar-refractivity contribution in [3.63, 3.8) is 0 Å². The summed E-state index contributed by atoms with van der Waals surface area (Å²) in [6.45, 7) is 3.51. The van der Waals surface area contributed by atoms with E-state index in [2.05, 4.69) is 24.6 Å². The minimum atomic E-state index is -5.19. The zero-order valence-corrected chi connectivity index (χ0v) is 9.38. The molecule has 0 aromatic rings. The summed E-state index contributed by atoms with van der Waals surface area (Å²) in [6.07, 6.45) is -2.64. The number of piperidine rings is 1. The molecule has 1 heterocycles. The van der Waals surface area contributed by atoms with E-state index in [1.165, 1.54) is 19.4 Å². The molecule has 2 atom stereocenters. The molecule has 0 radical (unpaired) electrons. The van der Waals surface area contributed by atoms with Crippen LogP contribution in [-0.2, 0) is 4.79 Å². The highest BCUT2D eigenvalue weighted by atomic mass is 19.4. The van der Waals surface area contributed by atoms with Gasteiger partial charge in [0.05, 0.1) is 6.04 Å². The Kier molecular flexibility index (Phi) is 5.74. The fourth-order valence-corrected chi connectivity index (χ4v) is 1.39. The SMILES string of the molecule is CC1CC([NH3+])CCN1C.O=C([O-])C(F)(F)F. The number of carboxylic acids is 1. The molecule has 1 aliphatic heterocycles. The van der Waals surface area contributed by atoms with Gasteiger partial charge in [0.15, 0.2) is 0 Å². The molecule has 0 saturated carbocycles. The van der Waals surface area contributed by atoms with Gasteiger partial charge in [-0.1, -0.05) is 0 Å². The molecule has 0 amide bonds. The third kappa shape index (κ3) is 5.92. The summed E-state index contributed by atoms with van der Waals surface area (Å²) in [5.74, 6) is -3.01. The second-order valence-corrected chi connectivity index (χ2v) is 4.01. The number of quaternary nitrogens is 1. The molecule has 1 fully saturated rings. The number of alkyl halides is 3. The molecule has 16 heavy (non-hydrogen) atoms. The Hall–Kier alpha value is -0.820. The molecule has 0 bridgehead atoms. The smallest absolute Gasteiger partial charge is 0.430 e. The van der Waals surface area contributed by atoms with Crippen LogP contribution in [0.3, 0.4) is 0 Å². The van der Waals surface area contributed by atoms with Crippen molar-refractivity contribution in [2.45, 2.75) is 38.0 Å². The van der Waals surface area contributed by atoms with E-state index in [9.17, 15) is 13.2 Å². The van der Waals surface area contributed by atoms with Crippen LogP contribution in [0.25, 0.3) is 0 Å². The largest absolute Gasteiger partial charge is 0.542 e. The van der Waals surface area contributed by atoms with E-state index in [-0.39, 0.29) is 0 Å². The van der Waals surface area contributed by atoms with Crippen LogP contribution < -0.4 is 10.8 Å². The maximum atomic E-state index is 10.5. The lowest BCUT2D eigenvalue weighted by molar-refractivity contribution is -0.428. The molecule has 1 saturated heterocycles. The Morgan fingerprint density at radius 3 is 2.19 bits per heavy atom. The highest BCUT2D eigenvalue weighted by molar-refractivity contribution is 5.70. The Balaban J connectivity index is 0.000000293. The number of nitrogens with zero attached hydrogens (tertiary/aromatic N) is 1. The monoisotopic (exact) mass is 242 g/mol. The zero-order valence-electron chi connectivity index (χ0n) is 9.38. The van der Waals surface area contributed by atoms with Crippen LogP contribution in [0.5, 0.6) is 0 Å². The molecule has 3 N–H and O–H groups in total. The van der Waals surface area contributed by atoms with Gasteiger partial charge in [-0.2, -0.15) is 13.2 Å². The Labute approximate surface area is 92.2 Å². The molecule has 96 valence electrons. The molecule has 1 rings (SSSR count). The van der Waals surface area contributed by atoms with Crippen molar-refractivity contribution in [1.29, 1.82) is 0 Å². The number of hydrogen-bond acceptors (Lipinski definition) is 3. The summed E-state index contributed by atoms with van der Waals surface area (Å²) < 4.78 is 31.5. The Bertz CT molecular complexity index is 233. The minimum Gasteiger partial charge on any atom is -0.542 e. The molecule has 0 spiro atoms. The van der Waals surface area contributed by atoms with Gasteiger partial charge in [-0.05, 0) is 14.0 Å². The van der Waals surface area contributed by atoms with Gasteiger partial charge in [0, 0.05) is 25.4 Å². The Morgan fingerprint density at radius 2 is 1.94 bits per heavy atom. The number of aliphatic carboxylic acids is 1. The molecular formula is C9H17F3N2O2. The number of rotatable bonds is 0. The number of carbonyl (C=O) groups is 1. The van der Waals surface area contributed by atoms with Crippen LogP contribution in [0.4, 0.5) is 13.2 Å². The number of carboxylic acid groups (broad SMARTS) is 1. The molecule has 7 heteroatoms. The first-order chi connectivity index (χ1) is 7.14. The third-order valence-corrected chi connectivity index (χ3v) is 2.55. The lowest BCUT2D eigenvalue weighted by Crippen LogP contribution is -2.65. The standard InChI is InChI=1S/C7H16N2.C2HF3O2/c1-6-5-7(8)3-4-9(6)2;3-2(4,5)1(6)7/h6-7H,3-5,8H2,1-2H3;(H,6,7). The fraction of sp³-hybridized carbons (Fsp3) is 0.889. The van der Waals surface area contributed by atoms with E-state index in [0.29, 0.717) is 6.04 Å². The summed E-state index contributed by atoms with van der Waals surface area (Å²) in [6, 6.07) is 1.46. The van der Waals surface area contributed by atoms with E-state index >= 15 is 0 Å². The normalized spacial score (nSPS) is 26.9. The summed E-state index contributed by atoms with van der Waals surface area (Å²) in [4.78, 5) is 11.2. The van der Waals surface area contributed by atoms with E-state index in [4.69, 9.17) is 9.90 Å². The van der Waals surface area contributed by atoms with Crippen molar-refractivity contribution in [1.82, 2.24) is 4.90 Å². The summed E-state index contributed by atoms with van der Waals surface area (Å²) >= 11 is 0. The average Bonchev–Trinajstić information content (AvgIpc) is 2.11. The molecule has 2 unspecified atom stereocenters. The van der Waals surface area contributed by atoms with Crippen LogP contribution in [0, 0.1) is 0 Å². The first kappa shape index (κ1) is 15.2. The number of carbonyl (C=O) groups excluding carboxylic acids is 1. The first-order valence-electron chi connectivity index (χ1n) is 4.96. The van der Waals surface area contributed by atoms with Gasteiger partial charge in [0.25, 0.3) is 0 Å². The van der Waals surface area contributed by atoms with Crippen molar-refractivity contribution >= 4 is 5.97 Å². The van der Waals surface area contributed by atoms with Gasteiger partial charge in [-0.3, -0.25) is 0 Å². The second kappa shape index (κ2) is 6.05. The molecule has 4 nitrogen and oxygen atoms in total. The predicted octanol–water partition coefficient (Wildman–Crippen LogP) is -0.990. The van der Waals surface area contributed by atoms with E-state index in [0.717, 1.165) is 6.04 Å². The van der Waals surface area contributed by atoms with Gasteiger partial charge in [-0.25, -0.2) is 0 Å². The topological polar surface area (TPSA) is 71.0 Å². The highest BCUT2D eigenvalue weighted by Gasteiger charge is 2.28. The van der Waals surface area contributed by atoms with Gasteiger partial charge < -0.3 is 20.5 Å². The fourth-order valence-electron chi connectivity index (χ4n) is 1.39. The maximum Gasteiger partial charge on any atom is 0.430 e. The van der Waals surface area contributed by atoms with Crippen molar-refractivity contribution in [3.8, 4) is 0 Å². The zero-order chi connectivity index (χ0) is 12.9. The maximum absolute atomic E-state index is 10.5. The first-order valence-corrected chi connectivity index (χ1v) is 4.96. The van der Waals surface area contributed by atoms with Crippen LogP contribution in [0.2, 0.25) is 0 Å². The third-order valence-electron chi connectivity index (χ3n) is 2.55. The highest BCUT2D eigenvalue weighted by Crippen LogP contribution is 2.12. The van der Waals surface area contributed by atoms with E-state index in [1.54, 1.807) is 0 Å². The predicted molar refractivity (Wildman–Crippen MR) is 49.1 cm³/mol. The minimum absolute atomic E-state index is 0.705. The van der Waals surface area contributed by atoms with Crippen LogP contribution >= 0.6 is 0 Å². The lowest BCUT2D eigenvalue weighted by atomic mass is 10.0. The van der Waals surface area contributed by atoms with Crippen molar-refractivity contribution in [2.24, 2.45) is 0 Å². The number of halogens is 3. The average molecular weight is 242 g/mol. The number of likely N-dealkylation sites (tertiary alicyclic amines) is 1. The van der Waals surface area contributed by atoms with Gasteiger partial charge in [0.2, 0.25) is 0 Å². The Morgan fingerprint density at radius 1 is 1.50 bits per heavy atom. The van der Waals surface area contributed by atoms with Crippen molar-refractivity contribution < 1.29 is 28.8 Å². The lowest BCUT2D eigenvalue weighted by Gasteiger charge is -2.31. The van der Waals surface area contributed by atoms with Gasteiger partial charge in [-0.15, -0.1) is 0 Å². The van der Waals surface area contributed by atoms with E-state index in [1.807, 2.05) is 0 Å². The van der Waals surface area contributed by atoms with Crippen LogP contribution in [0.1, 0.15) is 19.8 Å². The second-order valence-electron chi connectivity index (χ2n) is 4.01.